The van der Waals surface area contributed by atoms with Crippen molar-refractivity contribution in [3.63, 3.8) is 0 Å². The van der Waals surface area contributed by atoms with Crippen LogP contribution < -0.4 is 15.0 Å². The van der Waals surface area contributed by atoms with Crippen LogP contribution in [0.2, 0.25) is 0 Å². The van der Waals surface area contributed by atoms with Gasteiger partial charge in [0.25, 0.3) is 5.56 Å². The van der Waals surface area contributed by atoms with Crippen molar-refractivity contribution in [1.82, 2.24) is 14.7 Å². The van der Waals surface area contributed by atoms with E-state index in [9.17, 15) is 4.79 Å². The first kappa shape index (κ1) is 13.7. The number of ether oxygens (including phenoxy) is 1. The van der Waals surface area contributed by atoms with Gasteiger partial charge in [0.1, 0.15) is 17.0 Å². The third kappa shape index (κ3) is 2.91. The molecule has 0 aliphatic rings. The maximum Gasteiger partial charge on any atom is 0.274 e. The molecule has 0 aliphatic heterocycles. The van der Waals surface area contributed by atoms with Gasteiger partial charge in [-0.15, -0.1) is 0 Å². The van der Waals surface area contributed by atoms with Crippen molar-refractivity contribution < 1.29 is 4.74 Å². The average Bonchev–Trinajstić information content (AvgIpc) is 2.51. The van der Waals surface area contributed by atoms with Gasteiger partial charge in [-0.3, -0.25) is 14.5 Å². The van der Waals surface area contributed by atoms with E-state index in [-0.39, 0.29) is 5.56 Å². The highest BCUT2D eigenvalue weighted by molar-refractivity contribution is 7.97. The molecular weight excluding hydrogens is 286 g/mol. The maximum absolute atomic E-state index is 11.7. The standard InChI is InChI=1S/C15H13N3O2S/c1-16-21-11-4-2-10(3-5-11)20-13-7-9-17-14-12(13)6-8-18-15(14)19/h2-9,16H,1H3,(H,18,19). The molecule has 106 valence electrons. The van der Waals surface area contributed by atoms with Crippen molar-refractivity contribution in [2.75, 3.05) is 7.05 Å². The number of aromatic nitrogens is 2. The Hall–Kier alpha value is -2.31. The third-order valence-corrected chi connectivity index (χ3v) is 3.61. The second-order valence-electron chi connectivity index (χ2n) is 4.26. The zero-order valence-electron chi connectivity index (χ0n) is 11.3. The first-order chi connectivity index (χ1) is 10.3. The Labute approximate surface area is 125 Å². The summed E-state index contributed by atoms with van der Waals surface area (Å²) in [7, 11) is 1.87. The van der Waals surface area contributed by atoms with Crippen LogP contribution >= 0.6 is 11.9 Å². The Morgan fingerprint density at radius 2 is 2.00 bits per heavy atom. The second kappa shape index (κ2) is 5.99. The number of nitrogens with zero attached hydrogens (tertiary/aromatic N) is 1. The minimum absolute atomic E-state index is 0.223. The Bertz CT molecular complexity index is 815. The highest BCUT2D eigenvalue weighted by Crippen LogP contribution is 2.28. The summed E-state index contributed by atoms with van der Waals surface area (Å²) in [5.41, 5.74) is 0.149. The van der Waals surface area contributed by atoms with E-state index in [1.54, 1.807) is 24.5 Å². The van der Waals surface area contributed by atoms with E-state index in [4.69, 9.17) is 4.74 Å². The number of nitrogens with one attached hydrogen (secondary N) is 2. The molecule has 0 saturated heterocycles. The molecule has 21 heavy (non-hydrogen) atoms. The van der Waals surface area contributed by atoms with E-state index < -0.39 is 0 Å². The number of fused-ring (bicyclic) bond motifs is 1. The summed E-state index contributed by atoms with van der Waals surface area (Å²) in [6.07, 6.45) is 3.16. The van der Waals surface area contributed by atoms with E-state index in [0.29, 0.717) is 22.4 Å². The number of hydrogen-bond donors (Lipinski definition) is 2. The Morgan fingerprint density at radius 1 is 1.19 bits per heavy atom. The zero-order chi connectivity index (χ0) is 14.7. The molecule has 3 aromatic rings. The van der Waals surface area contributed by atoms with Crippen LogP contribution in [0.25, 0.3) is 10.9 Å². The zero-order valence-corrected chi connectivity index (χ0v) is 12.1. The Kier molecular flexibility index (Phi) is 3.89. The molecule has 0 unspecified atom stereocenters. The van der Waals surface area contributed by atoms with E-state index >= 15 is 0 Å². The normalized spacial score (nSPS) is 10.7. The maximum atomic E-state index is 11.7. The average molecular weight is 299 g/mol. The monoisotopic (exact) mass is 299 g/mol. The number of hydrogen-bond acceptors (Lipinski definition) is 5. The van der Waals surface area contributed by atoms with Gasteiger partial charge in [-0.25, -0.2) is 0 Å². The van der Waals surface area contributed by atoms with Gasteiger partial charge in [-0.1, -0.05) is 0 Å². The lowest BCUT2D eigenvalue weighted by molar-refractivity contribution is 0.487. The molecule has 0 aliphatic carbocycles. The molecule has 2 aromatic heterocycles. The number of benzene rings is 1. The Morgan fingerprint density at radius 3 is 2.76 bits per heavy atom. The van der Waals surface area contributed by atoms with E-state index in [1.165, 1.54) is 11.9 Å². The van der Waals surface area contributed by atoms with Gasteiger partial charge >= 0.3 is 0 Å². The van der Waals surface area contributed by atoms with Crippen molar-refractivity contribution in [2.24, 2.45) is 0 Å². The van der Waals surface area contributed by atoms with Gasteiger partial charge in [-0.05, 0) is 55.4 Å². The van der Waals surface area contributed by atoms with Crippen LogP contribution in [0.15, 0.2) is 58.5 Å². The summed E-state index contributed by atoms with van der Waals surface area (Å²) < 4.78 is 8.87. The highest BCUT2D eigenvalue weighted by atomic mass is 32.2. The lowest BCUT2D eigenvalue weighted by Gasteiger charge is -2.08. The number of H-pyrrole nitrogens is 1. The molecule has 0 fully saturated rings. The summed E-state index contributed by atoms with van der Waals surface area (Å²) in [5.74, 6) is 1.32. The summed E-state index contributed by atoms with van der Waals surface area (Å²) in [4.78, 5) is 19.5. The molecule has 2 heterocycles. The number of pyridine rings is 2. The molecule has 0 bridgehead atoms. The van der Waals surface area contributed by atoms with Crippen LogP contribution in [0.5, 0.6) is 11.5 Å². The lowest BCUT2D eigenvalue weighted by Crippen LogP contribution is -2.06. The van der Waals surface area contributed by atoms with Crippen LogP contribution in [0.3, 0.4) is 0 Å². The first-order valence-corrected chi connectivity index (χ1v) is 7.17. The minimum Gasteiger partial charge on any atom is -0.457 e. The Balaban J connectivity index is 1.94. The second-order valence-corrected chi connectivity index (χ2v) is 5.34. The summed E-state index contributed by atoms with van der Waals surface area (Å²) in [6, 6.07) is 11.2. The van der Waals surface area contributed by atoms with Crippen LogP contribution in [-0.2, 0) is 0 Å². The minimum atomic E-state index is -0.223. The van der Waals surface area contributed by atoms with Crippen LogP contribution in [0.1, 0.15) is 0 Å². The number of rotatable bonds is 4. The van der Waals surface area contributed by atoms with Crippen LogP contribution in [-0.4, -0.2) is 17.0 Å². The molecule has 6 heteroatoms. The fraction of sp³-hybridized carbons (Fsp3) is 0.0667. The molecule has 0 atom stereocenters. The van der Waals surface area contributed by atoms with Crippen molar-refractivity contribution >= 4 is 22.9 Å². The quantitative estimate of drug-likeness (QED) is 0.725. The van der Waals surface area contributed by atoms with Gasteiger partial charge in [0.2, 0.25) is 0 Å². The van der Waals surface area contributed by atoms with E-state index in [2.05, 4.69) is 14.7 Å². The largest absolute Gasteiger partial charge is 0.457 e. The van der Waals surface area contributed by atoms with Gasteiger partial charge in [0, 0.05) is 17.3 Å². The fourth-order valence-electron chi connectivity index (χ4n) is 1.98. The lowest BCUT2D eigenvalue weighted by atomic mass is 10.2. The smallest absolute Gasteiger partial charge is 0.274 e. The molecule has 0 radical (unpaired) electrons. The van der Waals surface area contributed by atoms with E-state index in [0.717, 1.165) is 4.90 Å². The molecule has 0 amide bonds. The van der Waals surface area contributed by atoms with Crippen molar-refractivity contribution in [1.29, 1.82) is 0 Å². The molecule has 5 nitrogen and oxygen atoms in total. The molecule has 2 N–H and O–H groups in total. The molecule has 3 rings (SSSR count). The predicted octanol–water partition coefficient (Wildman–Crippen LogP) is 2.94. The van der Waals surface area contributed by atoms with Gasteiger partial charge in [0.15, 0.2) is 0 Å². The molecule has 0 saturated carbocycles. The van der Waals surface area contributed by atoms with Crippen LogP contribution in [0, 0.1) is 0 Å². The molecular formula is C15H13N3O2S. The SMILES string of the molecule is CNSc1ccc(Oc2ccnc3c(=O)[nH]ccc23)cc1. The topological polar surface area (TPSA) is 67.0 Å². The summed E-state index contributed by atoms with van der Waals surface area (Å²) in [6.45, 7) is 0. The van der Waals surface area contributed by atoms with Crippen molar-refractivity contribution in [3.8, 4) is 11.5 Å². The fourth-order valence-corrected chi connectivity index (χ4v) is 2.48. The third-order valence-electron chi connectivity index (χ3n) is 2.90. The molecule has 1 aromatic carbocycles. The predicted molar refractivity (Wildman–Crippen MR) is 83.8 cm³/mol. The van der Waals surface area contributed by atoms with E-state index in [1.807, 2.05) is 31.3 Å². The summed E-state index contributed by atoms with van der Waals surface area (Å²) >= 11 is 1.53. The summed E-state index contributed by atoms with van der Waals surface area (Å²) in [5, 5.41) is 0.690. The van der Waals surface area contributed by atoms with Gasteiger partial charge in [0.05, 0.1) is 5.39 Å². The number of aromatic amines is 1. The van der Waals surface area contributed by atoms with Gasteiger partial charge in [-0.2, -0.15) is 0 Å². The van der Waals surface area contributed by atoms with Gasteiger partial charge < -0.3 is 9.72 Å². The highest BCUT2D eigenvalue weighted by Gasteiger charge is 2.06. The first-order valence-electron chi connectivity index (χ1n) is 6.36. The van der Waals surface area contributed by atoms with Crippen molar-refractivity contribution in [2.45, 2.75) is 4.90 Å². The van der Waals surface area contributed by atoms with Crippen molar-refractivity contribution in [3.05, 3.63) is 59.1 Å². The van der Waals surface area contributed by atoms with Crippen LogP contribution in [0.4, 0.5) is 0 Å². The molecule has 0 spiro atoms.